The van der Waals surface area contributed by atoms with Crippen LogP contribution in [0.5, 0.6) is 0 Å². The number of benzene rings is 1. The standard InChI is InChI=1S/C25H25N4OP/c1-15-9-16(2)28-22(27-15)12-17-10-18-7-8-29(13-19(18)11-17)25-23-24(30-14-26-23)20-5-3-4-6-21(20)31-25/h3-6,9,11,14,18-19H,7-8,10,12-13H2,1-2H3. The van der Waals surface area contributed by atoms with Gasteiger partial charge in [-0.3, -0.25) is 0 Å². The van der Waals surface area contributed by atoms with Gasteiger partial charge in [-0.2, -0.15) is 0 Å². The van der Waals surface area contributed by atoms with Crippen LogP contribution in [0.4, 0.5) is 5.42 Å². The quantitative estimate of drug-likeness (QED) is 0.376. The number of allylic oxidation sites excluding steroid dienone is 1. The van der Waals surface area contributed by atoms with E-state index in [0.717, 1.165) is 53.7 Å². The van der Waals surface area contributed by atoms with E-state index >= 15 is 0 Å². The summed E-state index contributed by atoms with van der Waals surface area (Å²) < 4.78 is 5.80. The fraction of sp³-hybridized carbons (Fsp3) is 0.360. The number of aryl methyl sites for hydroxylation is 2. The molecule has 2 unspecified atom stereocenters. The van der Waals surface area contributed by atoms with Crippen LogP contribution < -0.4 is 4.90 Å². The fourth-order valence-electron chi connectivity index (χ4n) is 5.33. The summed E-state index contributed by atoms with van der Waals surface area (Å²) in [7, 11) is 1.23. The second-order valence-corrected chi connectivity index (χ2v) is 10.0. The molecular formula is C25H25N4OP. The first-order chi connectivity index (χ1) is 15.1. The number of rotatable bonds is 3. The van der Waals surface area contributed by atoms with Crippen LogP contribution >= 0.6 is 8.19 Å². The Kier molecular flexibility index (Phi) is 4.53. The van der Waals surface area contributed by atoms with E-state index in [4.69, 9.17) is 4.42 Å². The normalized spacial score (nSPS) is 21.2. The highest BCUT2D eigenvalue weighted by Gasteiger charge is 2.34. The molecule has 0 amide bonds. The van der Waals surface area contributed by atoms with Crippen molar-refractivity contribution >= 4 is 35.2 Å². The SMILES string of the molecule is Cc1cc(C)nc(CC2=CC3CN(c4pc5ccccc5c5ocnc45)CCC3C2)n1. The van der Waals surface area contributed by atoms with Crippen LogP contribution in [0.2, 0.25) is 0 Å². The number of nitrogens with zero attached hydrogens (tertiary/aromatic N) is 4. The molecule has 5 nitrogen and oxygen atoms in total. The highest BCUT2D eigenvalue weighted by atomic mass is 31.0. The summed E-state index contributed by atoms with van der Waals surface area (Å²) in [5.74, 6) is 2.29. The van der Waals surface area contributed by atoms with Gasteiger partial charge in [0, 0.05) is 41.4 Å². The van der Waals surface area contributed by atoms with Gasteiger partial charge < -0.3 is 9.32 Å². The zero-order valence-corrected chi connectivity index (χ0v) is 18.8. The molecule has 31 heavy (non-hydrogen) atoms. The molecule has 1 aliphatic carbocycles. The van der Waals surface area contributed by atoms with E-state index in [1.165, 1.54) is 42.5 Å². The van der Waals surface area contributed by atoms with Crippen LogP contribution in [0.1, 0.15) is 30.1 Å². The lowest BCUT2D eigenvalue weighted by molar-refractivity contribution is 0.350. The molecule has 2 aliphatic rings. The van der Waals surface area contributed by atoms with Crippen LogP contribution in [0.3, 0.4) is 0 Å². The van der Waals surface area contributed by atoms with Crippen molar-refractivity contribution in [3.05, 3.63) is 65.6 Å². The van der Waals surface area contributed by atoms with Crippen molar-refractivity contribution in [3.63, 3.8) is 0 Å². The summed E-state index contributed by atoms with van der Waals surface area (Å²) in [4.78, 5) is 16.5. The highest BCUT2D eigenvalue weighted by Crippen LogP contribution is 2.45. The number of aromatic nitrogens is 3. The average Bonchev–Trinajstić information content (AvgIpc) is 3.38. The minimum Gasteiger partial charge on any atom is -0.443 e. The molecule has 0 radical (unpaired) electrons. The maximum Gasteiger partial charge on any atom is 0.182 e. The molecular weight excluding hydrogens is 403 g/mol. The Balaban J connectivity index is 1.28. The van der Waals surface area contributed by atoms with Crippen LogP contribution in [0, 0.1) is 25.7 Å². The number of hydrogen-bond acceptors (Lipinski definition) is 5. The molecule has 3 aromatic heterocycles. The van der Waals surface area contributed by atoms with Gasteiger partial charge in [-0.05, 0) is 58.9 Å². The van der Waals surface area contributed by atoms with E-state index in [1.807, 2.05) is 6.07 Å². The Morgan fingerprint density at radius 1 is 1.16 bits per heavy atom. The predicted octanol–water partition coefficient (Wildman–Crippen LogP) is 5.98. The monoisotopic (exact) mass is 428 g/mol. The lowest BCUT2D eigenvalue weighted by Crippen LogP contribution is -2.38. The Morgan fingerprint density at radius 3 is 2.87 bits per heavy atom. The van der Waals surface area contributed by atoms with Crippen molar-refractivity contribution < 1.29 is 4.42 Å². The Labute approximate surface area is 183 Å². The van der Waals surface area contributed by atoms with Crippen molar-refractivity contribution in [1.29, 1.82) is 0 Å². The van der Waals surface area contributed by atoms with Crippen molar-refractivity contribution in [2.75, 3.05) is 18.0 Å². The van der Waals surface area contributed by atoms with Gasteiger partial charge in [0.05, 0.1) is 5.42 Å². The Bertz CT molecular complexity index is 1310. The molecule has 0 spiro atoms. The van der Waals surface area contributed by atoms with E-state index in [9.17, 15) is 0 Å². The van der Waals surface area contributed by atoms with Gasteiger partial charge in [-0.1, -0.05) is 29.8 Å². The van der Waals surface area contributed by atoms with Gasteiger partial charge in [0.2, 0.25) is 0 Å². The summed E-state index contributed by atoms with van der Waals surface area (Å²) in [6, 6.07) is 10.6. The topological polar surface area (TPSA) is 55.1 Å². The molecule has 156 valence electrons. The van der Waals surface area contributed by atoms with Crippen molar-refractivity contribution in [2.45, 2.75) is 33.1 Å². The molecule has 4 heterocycles. The van der Waals surface area contributed by atoms with Crippen LogP contribution in [0.25, 0.3) is 21.6 Å². The molecule has 2 atom stereocenters. The number of oxazole rings is 1. The summed E-state index contributed by atoms with van der Waals surface area (Å²) in [5, 5.41) is 2.48. The third kappa shape index (κ3) is 3.41. The van der Waals surface area contributed by atoms with Gasteiger partial charge in [0.1, 0.15) is 11.3 Å². The summed E-state index contributed by atoms with van der Waals surface area (Å²) in [6.07, 6.45) is 7.37. The van der Waals surface area contributed by atoms with E-state index in [1.54, 1.807) is 6.39 Å². The van der Waals surface area contributed by atoms with Crippen molar-refractivity contribution in [3.8, 4) is 0 Å². The van der Waals surface area contributed by atoms with Gasteiger partial charge in [0.25, 0.3) is 0 Å². The van der Waals surface area contributed by atoms with E-state index in [-0.39, 0.29) is 0 Å². The molecule has 1 fully saturated rings. The zero-order chi connectivity index (χ0) is 20.9. The molecule has 1 saturated heterocycles. The van der Waals surface area contributed by atoms with Crippen LogP contribution in [-0.4, -0.2) is 28.0 Å². The lowest BCUT2D eigenvalue weighted by Gasteiger charge is -2.36. The van der Waals surface area contributed by atoms with E-state index in [0.29, 0.717) is 5.92 Å². The first-order valence-corrected chi connectivity index (χ1v) is 11.9. The van der Waals surface area contributed by atoms with Gasteiger partial charge in [-0.15, -0.1) is 0 Å². The van der Waals surface area contributed by atoms with Gasteiger partial charge >= 0.3 is 0 Å². The third-order valence-corrected chi connectivity index (χ3v) is 7.99. The molecule has 4 aromatic rings. The summed E-state index contributed by atoms with van der Waals surface area (Å²) in [6.45, 7) is 6.24. The molecule has 0 saturated carbocycles. The molecule has 0 N–H and O–H groups in total. The molecule has 0 bridgehead atoms. The van der Waals surface area contributed by atoms with E-state index in [2.05, 4.69) is 64.0 Å². The van der Waals surface area contributed by atoms with E-state index < -0.39 is 0 Å². The zero-order valence-electron chi connectivity index (χ0n) is 17.9. The number of anilines is 1. The second kappa shape index (κ2) is 7.42. The first-order valence-electron chi connectivity index (χ1n) is 11.0. The largest absolute Gasteiger partial charge is 0.443 e. The van der Waals surface area contributed by atoms with Crippen LogP contribution in [0.15, 0.2) is 52.8 Å². The first kappa shape index (κ1) is 18.9. The van der Waals surface area contributed by atoms with Crippen LogP contribution in [-0.2, 0) is 6.42 Å². The summed E-state index contributed by atoms with van der Waals surface area (Å²) in [5.41, 5.74) is 6.84. The average molecular weight is 428 g/mol. The summed E-state index contributed by atoms with van der Waals surface area (Å²) >= 11 is 0. The highest BCUT2D eigenvalue weighted by molar-refractivity contribution is 7.41. The number of piperidine rings is 1. The second-order valence-electron chi connectivity index (χ2n) is 8.91. The minimum atomic E-state index is 0.588. The molecule has 1 aliphatic heterocycles. The van der Waals surface area contributed by atoms with Gasteiger partial charge in [-0.25, -0.2) is 15.0 Å². The fourth-order valence-corrected chi connectivity index (χ4v) is 6.61. The lowest BCUT2D eigenvalue weighted by atomic mass is 9.88. The number of fused-ring (bicyclic) bond motifs is 4. The molecule has 6 heteroatoms. The third-order valence-electron chi connectivity index (χ3n) is 6.65. The maximum absolute atomic E-state index is 5.80. The predicted molar refractivity (Wildman–Crippen MR) is 126 cm³/mol. The van der Waals surface area contributed by atoms with Crippen molar-refractivity contribution in [2.24, 2.45) is 11.8 Å². The number of hydrogen-bond donors (Lipinski definition) is 0. The smallest absolute Gasteiger partial charge is 0.182 e. The van der Waals surface area contributed by atoms with Gasteiger partial charge in [0.15, 0.2) is 12.0 Å². The maximum atomic E-state index is 5.80. The minimum absolute atomic E-state index is 0.588. The molecule has 1 aromatic carbocycles. The molecule has 6 rings (SSSR count). The Hall–Kier alpha value is -2.78. The Morgan fingerprint density at radius 2 is 2.00 bits per heavy atom. The van der Waals surface area contributed by atoms with Crippen molar-refractivity contribution in [1.82, 2.24) is 15.0 Å².